The lowest BCUT2D eigenvalue weighted by molar-refractivity contribution is -0.308. The lowest BCUT2D eigenvalue weighted by Crippen LogP contribution is -2.27. The molecule has 24 heavy (non-hydrogen) atoms. The van der Waals surface area contributed by atoms with Crippen molar-refractivity contribution in [1.82, 2.24) is 0 Å². The molecular weight excluding hydrogens is 304 g/mol. The molecule has 1 unspecified atom stereocenters. The Morgan fingerprint density at radius 3 is 2.25 bits per heavy atom. The van der Waals surface area contributed by atoms with Crippen molar-refractivity contribution in [1.29, 1.82) is 0 Å². The summed E-state index contributed by atoms with van der Waals surface area (Å²) in [5, 5.41) is 12.0. The molecule has 0 saturated heterocycles. The molecule has 4 nitrogen and oxygen atoms in total. The second-order valence-corrected chi connectivity index (χ2v) is 7.18. The summed E-state index contributed by atoms with van der Waals surface area (Å²) in [4.78, 5) is 35.5. The molecule has 2 aliphatic rings. The van der Waals surface area contributed by atoms with Crippen LogP contribution in [0.4, 0.5) is 0 Å². The van der Waals surface area contributed by atoms with E-state index >= 15 is 0 Å². The molecule has 0 spiro atoms. The summed E-state index contributed by atoms with van der Waals surface area (Å²) in [7, 11) is 0. The van der Waals surface area contributed by atoms with E-state index in [9.17, 15) is 19.5 Å². The van der Waals surface area contributed by atoms with Gasteiger partial charge in [-0.15, -0.1) is 5.76 Å². The van der Waals surface area contributed by atoms with Crippen LogP contribution in [0.5, 0.6) is 0 Å². The van der Waals surface area contributed by atoms with Crippen molar-refractivity contribution in [3.8, 4) is 0 Å². The van der Waals surface area contributed by atoms with Crippen molar-refractivity contribution in [2.24, 2.45) is 5.92 Å². The Morgan fingerprint density at radius 1 is 0.875 bits per heavy atom. The van der Waals surface area contributed by atoms with Crippen LogP contribution in [0.1, 0.15) is 89.9 Å². The topological polar surface area (TPSA) is 74.3 Å². The van der Waals surface area contributed by atoms with Crippen LogP contribution in [0.3, 0.4) is 0 Å². The van der Waals surface area contributed by atoms with Crippen molar-refractivity contribution < 1.29 is 19.5 Å². The monoisotopic (exact) mass is 333 g/mol. The molecule has 4 heteroatoms. The number of rotatable bonds is 8. The van der Waals surface area contributed by atoms with Gasteiger partial charge in [0.25, 0.3) is 0 Å². The number of Topliss-reactive ketones (excluding diaryl/α,β-unsaturated/α-hetero) is 3. The van der Waals surface area contributed by atoms with Gasteiger partial charge in [-0.2, -0.15) is 0 Å². The van der Waals surface area contributed by atoms with Crippen molar-refractivity contribution >= 4 is 17.3 Å². The van der Waals surface area contributed by atoms with Gasteiger partial charge in [-0.3, -0.25) is 14.4 Å². The van der Waals surface area contributed by atoms with Gasteiger partial charge in [0.05, 0.1) is 5.92 Å². The highest BCUT2D eigenvalue weighted by Gasteiger charge is 2.27. The smallest absolute Gasteiger partial charge is 0.157 e. The number of carbonyl (C=O) groups is 3. The van der Waals surface area contributed by atoms with E-state index in [0.717, 1.165) is 57.8 Å². The number of hydrogen-bond donors (Lipinski definition) is 0. The lowest BCUT2D eigenvalue weighted by Gasteiger charge is -2.22. The highest BCUT2D eigenvalue weighted by atomic mass is 16.3. The summed E-state index contributed by atoms with van der Waals surface area (Å²) in [5.41, 5.74) is 0.534. The average Bonchev–Trinajstić information content (AvgIpc) is 2.58. The predicted octanol–water partition coefficient (Wildman–Crippen LogP) is 3.41. The maximum absolute atomic E-state index is 12.1. The van der Waals surface area contributed by atoms with Crippen LogP contribution in [0.25, 0.3) is 0 Å². The molecule has 0 aromatic rings. The van der Waals surface area contributed by atoms with Gasteiger partial charge < -0.3 is 5.11 Å². The fourth-order valence-corrected chi connectivity index (χ4v) is 3.76. The van der Waals surface area contributed by atoms with E-state index in [1.807, 2.05) is 0 Å². The van der Waals surface area contributed by atoms with Crippen LogP contribution in [0, 0.1) is 5.92 Å². The van der Waals surface area contributed by atoms with Gasteiger partial charge in [-0.05, 0) is 50.5 Å². The first kappa shape index (κ1) is 18.9. The third-order valence-electron chi connectivity index (χ3n) is 5.27. The number of allylic oxidation sites excluding steroid dienone is 2. The SMILES string of the molecule is O=C1CCCC/C1=C(\[O-])CCCCCCC(=O)C1CCCCC1=O. The number of unbranched alkanes of at least 4 members (excludes halogenated alkanes) is 3. The average molecular weight is 333 g/mol. The first-order valence-electron chi connectivity index (χ1n) is 9.57. The van der Waals surface area contributed by atoms with E-state index in [1.54, 1.807) is 0 Å². The standard InChI is InChI=1S/C20H30O4/c21-17(15-9-5-7-13-19(15)23)11-3-1-2-4-12-18(22)16-10-6-8-14-20(16)24/h15,22H,1-14H2/p-1/b18-16+. The second kappa shape index (κ2) is 9.75. The van der Waals surface area contributed by atoms with E-state index < -0.39 is 0 Å². The maximum Gasteiger partial charge on any atom is 0.157 e. The normalized spacial score (nSPS) is 24.1. The zero-order chi connectivity index (χ0) is 17.4. The van der Waals surface area contributed by atoms with Gasteiger partial charge in [0.1, 0.15) is 11.6 Å². The summed E-state index contributed by atoms with van der Waals surface area (Å²) in [6.07, 6.45) is 10.6. The van der Waals surface area contributed by atoms with Crippen molar-refractivity contribution in [3.63, 3.8) is 0 Å². The molecule has 134 valence electrons. The Morgan fingerprint density at radius 2 is 1.54 bits per heavy atom. The first-order chi connectivity index (χ1) is 11.6. The fraction of sp³-hybridized carbons (Fsp3) is 0.750. The zero-order valence-corrected chi connectivity index (χ0v) is 14.6. The molecule has 0 radical (unpaired) electrons. The summed E-state index contributed by atoms with van der Waals surface area (Å²) in [6.45, 7) is 0. The fourth-order valence-electron chi connectivity index (χ4n) is 3.76. The molecule has 0 aromatic heterocycles. The van der Waals surface area contributed by atoms with Gasteiger partial charge in [0, 0.05) is 19.3 Å². The maximum atomic E-state index is 12.1. The number of carbonyl (C=O) groups excluding carboxylic acids is 3. The molecule has 2 fully saturated rings. The quantitative estimate of drug-likeness (QED) is 0.295. The van der Waals surface area contributed by atoms with Crippen LogP contribution in [-0.4, -0.2) is 17.3 Å². The van der Waals surface area contributed by atoms with Crippen molar-refractivity contribution in [2.75, 3.05) is 0 Å². The lowest BCUT2D eigenvalue weighted by atomic mass is 9.83. The summed E-state index contributed by atoms with van der Waals surface area (Å²) in [6, 6.07) is 0. The second-order valence-electron chi connectivity index (χ2n) is 7.18. The third kappa shape index (κ3) is 5.57. The largest absolute Gasteiger partial charge is 0.875 e. The predicted molar refractivity (Wildman–Crippen MR) is 90.2 cm³/mol. The Hall–Kier alpha value is -1.45. The molecule has 0 aliphatic heterocycles. The zero-order valence-electron chi connectivity index (χ0n) is 14.6. The van der Waals surface area contributed by atoms with E-state index in [4.69, 9.17) is 0 Å². The molecule has 2 aliphatic carbocycles. The van der Waals surface area contributed by atoms with Gasteiger partial charge in [0.15, 0.2) is 5.78 Å². The van der Waals surface area contributed by atoms with Crippen molar-refractivity contribution in [3.05, 3.63) is 11.3 Å². The highest BCUT2D eigenvalue weighted by molar-refractivity contribution is 6.02. The third-order valence-corrected chi connectivity index (χ3v) is 5.27. The molecule has 2 rings (SSSR count). The van der Waals surface area contributed by atoms with Crippen molar-refractivity contribution in [2.45, 2.75) is 89.9 Å². The van der Waals surface area contributed by atoms with Crippen LogP contribution >= 0.6 is 0 Å². The summed E-state index contributed by atoms with van der Waals surface area (Å²) in [5.74, 6) is -0.0169. The Bertz CT molecular complexity index is 504. The minimum Gasteiger partial charge on any atom is -0.875 e. The number of hydrogen-bond acceptors (Lipinski definition) is 4. The van der Waals surface area contributed by atoms with Gasteiger partial charge in [-0.1, -0.05) is 25.7 Å². The van der Waals surface area contributed by atoms with E-state index in [2.05, 4.69) is 0 Å². The van der Waals surface area contributed by atoms with Crippen LogP contribution in [0.2, 0.25) is 0 Å². The molecule has 0 heterocycles. The Labute approximate surface area is 144 Å². The van der Waals surface area contributed by atoms with E-state index in [1.165, 1.54) is 0 Å². The molecule has 0 aromatic carbocycles. The Balaban J connectivity index is 1.59. The highest BCUT2D eigenvalue weighted by Crippen LogP contribution is 2.24. The van der Waals surface area contributed by atoms with Crippen LogP contribution < -0.4 is 5.11 Å². The minimum atomic E-state index is -0.339. The molecule has 0 bridgehead atoms. The summed E-state index contributed by atoms with van der Waals surface area (Å²) < 4.78 is 0. The van der Waals surface area contributed by atoms with Gasteiger partial charge in [0.2, 0.25) is 0 Å². The molecule has 0 N–H and O–H groups in total. The number of ketones is 3. The van der Waals surface area contributed by atoms with Crippen LogP contribution in [0.15, 0.2) is 11.3 Å². The van der Waals surface area contributed by atoms with E-state index in [0.29, 0.717) is 37.7 Å². The van der Waals surface area contributed by atoms with Gasteiger partial charge >= 0.3 is 0 Å². The van der Waals surface area contributed by atoms with Gasteiger partial charge in [-0.25, -0.2) is 0 Å². The molecule has 2 saturated carbocycles. The molecule has 0 amide bonds. The van der Waals surface area contributed by atoms with Crippen LogP contribution in [-0.2, 0) is 14.4 Å². The first-order valence-corrected chi connectivity index (χ1v) is 9.57. The molecule has 1 atom stereocenters. The van der Waals surface area contributed by atoms with E-state index in [-0.39, 0.29) is 29.0 Å². The Kier molecular flexibility index (Phi) is 7.67. The summed E-state index contributed by atoms with van der Waals surface area (Å²) >= 11 is 0. The molecular formula is C20H29O4-. The minimum absolute atomic E-state index is 0.0311.